The van der Waals surface area contributed by atoms with E-state index in [-0.39, 0.29) is 12.2 Å². The van der Waals surface area contributed by atoms with Gasteiger partial charge in [-0.25, -0.2) is 4.79 Å². The zero-order valence-electron chi connectivity index (χ0n) is 14.7. The first-order chi connectivity index (χ1) is 12.1. The molecule has 6 nitrogen and oxygen atoms in total. The molecule has 0 aromatic carbocycles. The zero-order valence-corrected chi connectivity index (χ0v) is 14.7. The maximum atomic E-state index is 12.2. The summed E-state index contributed by atoms with van der Waals surface area (Å²) in [6, 6.07) is 9.21. The largest absolute Gasteiger partial charge is 0.455 e. The van der Waals surface area contributed by atoms with E-state index in [1.54, 1.807) is 31.5 Å². The summed E-state index contributed by atoms with van der Waals surface area (Å²) in [5.41, 5.74) is 3.42. The number of methoxy groups -OCH3 is 1. The minimum atomic E-state index is -0.658. The lowest BCUT2D eigenvalue weighted by molar-refractivity contribution is -0.139. The van der Waals surface area contributed by atoms with Gasteiger partial charge in [0.1, 0.15) is 18.2 Å². The fraction of sp³-hybridized carbons (Fsp3) is 0.316. The van der Waals surface area contributed by atoms with Gasteiger partial charge in [-0.05, 0) is 43.7 Å². The van der Waals surface area contributed by atoms with Crippen molar-refractivity contribution in [3.05, 3.63) is 58.7 Å². The van der Waals surface area contributed by atoms with Gasteiger partial charge in [-0.3, -0.25) is 4.98 Å². The molecular weight excluding hydrogens is 318 g/mol. The summed E-state index contributed by atoms with van der Waals surface area (Å²) in [6.07, 6.45) is 3.19. The van der Waals surface area contributed by atoms with Crippen LogP contribution >= 0.6 is 0 Å². The lowest BCUT2D eigenvalue weighted by Crippen LogP contribution is -2.08. The number of nitrogens with zero attached hydrogens (tertiary/aromatic N) is 3. The number of carbonyl (C=O) groups is 1. The Hall–Kier alpha value is -2.91. The quantitative estimate of drug-likeness (QED) is 0.440. The predicted octanol–water partition coefficient (Wildman–Crippen LogP) is 2.80. The topological polar surface area (TPSA) is 77.1 Å². The van der Waals surface area contributed by atoms with Crippen molar-refractivity contribution in [1.82, 2.24) is 9.55 Å². The second-order valence-corrected chi connectivity index (χ2v) is 5.54. The Kier molecular flexibility index (Phi) is 6.49. The molecule has 130 valence electrons. The van der Waals surface area contributed by atoms with Crippen molar-refractivity contribution in [3.8, 4) is 6.07 Å². The molecule has 0 bridgehead atoms. The van der Waals surface area contributed by atoms with E-state index >= 15 is 0 Å². The highest BCUT2D eigenvalue weighted by atomic mass is 16.5. The summed E-state index contributed by atoms with van der Waals surface area (Å²) in [5.74, 6) is -0.658. The third kappa shape index (κ3) is 4.78. The van der Waals surface area contributed by atoms with Crippen LogP contribution in [-0.4, -0.2) is 29.2 Å². The van der Waals surface area contributed by atoms with Crippen LogP contribution < -0.4 is 0 Å². The molecule has 0 radical (unpaired) electrons. The van der Waals surface area contributed by atoms with Gasteiger partial charge in [0.05, 0.1) is 12.3 Å². The monoisotopic (exact) mass is 339 g/mol. The molecular formula is C19H21N3O3. The highest BCUT2D eigenvalue weighted by molar-refractivity contribution is 5.98. The fourth-order valence-corrected chi connectivity index (χ4v) is 2.49. The maximum absolute atomic E-state index is 12.2. The van der Waals surface area contributed by atoms with Crippen molar-refractivity contribution in [2.45, 2.75) is 27.0 Å². The van der Waals surface area contributed by atoms with E-state index in [4.69, 9.17) is 9.47 Å². The number of rotatable bonds is 7. The van der Waals surface area contributed by atoms with Gasteiger partial charge in [-0.2, -0.15) is 5.26 Å². The minimum absolute atomic E-state index is 0.0333. The minimum Gasteiger partial charge on any atom is -0.455 e. The van der Waals surface area contributed by atoms with Gasteiger partial charge in [0, 0.05) is 31.2 Å². The summed E-state index contributed by atoms with van der Waals surface area (Å²) >= 11 is 0. The Morgan fingerprint density at radius 2 is 2.20 bits per heavy atom. The van der Waals surface area contributed by atoms with Gasteiger partial charge in [0.25, 0.3) is 0 Å². The number of esters is 1. The molecule has 2 aromatic rings. The second-order valence-electron chi connectivity index (χ2n) is 5.54. The molecule has 0 saturated heterocycles. The van der Waals surface area contributed by atoms with Crippen molar-refractivity contribution in [1.29, 1.82) is 5.26 Å². The first kappa shape index (κ1) is 18.4. The second kappa shape index (κ2) is 8.81. The van der Waals surface area contributed by atoms with E-state index in [1.165, 1.54) is 0 Å². The molecule has 0 spiro atoms. The molecule has 6 heteroatoms. The lowest BCUT2D eigenvalue weighted by atomic mass is 10.1. The Morgan fingerprint density at radius 1 is 1.40 bits per heavy atom. The first-order valence-corrected chi connectivity index (χ1v) is 7.91. The summed E-state index contributed by atoms with van der Waals surface area (Å²) < 4.78 is 12.4. The molecule has 0 N–H and O–H groups in total. The van der Waals surface area contributed by atoms with Crippen molar-refractivity contribution < 1.29 is 14.3 Å². The molecule has 2 heterocycles. The number of carbonyl (C=O) groups excluding carboxylic acids is 1. The molecule has 0 aliphatic carbocycles. The molecule has 2 aromatic heterocycles. The third-order valence-corrected chi connectivity index (χ3v) is 3.85. The summed E-state index contributed by atoms with van der Waals surface area (Å²) in [5, 5.41) is 9.30. The van der Waals surface area contributed by atoms with Crippen LogP contribution in [0.2, 0.25) is 0 Å². The summed E-state index contributed by atoms with van der Waals surface area (Å²) in [7, 11) is 1.65. The smallest absolute Gasteiger partial charge is 0.349 e. The van der Waals surface area contributed by atoms with Gasteiger partial charge >= 0.3 is 5.97 Å². The zero-order chi connectivity index (χ0) is 18.2. The highest BCUT2D eigenvalue weighted by Gasteiger charge is 2.14. The average Bonchev–Trinajstić information content (AvgIpc) is 2.89. The molecule has 0 unspecified atom stereocenters. The van der Waals surface area contributed by atoms with Crippen LogP contribution in [-0.2, 0) is 27.4 Å². The average molecular weight is 339 g/mol. The Morgan fingerprint density at radius 3 is 2.84 bits per heavy atom. The van der Waals surface area contributed by atoms with Gasteiger partial charge in [-0.1, -0.05) is 6.07 Å². The SMILES string of the molecule is COCCn1c(C)cc(/C=C(\C#N)C(=O)OCc2ccccn2)c1C. The highest BCUT2D eigenvalue weighted by Crippen LogP contribution is 2.19. The number of aryl methyl sites for hydroxylation is 1. The molecule has 25 heavy (non-hydrogen) atoms. The van der Waals surface area contributed by atoms with Crippen LogP contribution in [0.5, 0.6) is 0 Å². The van der Waals surface area contributed by atoms with Crippen LogP contribution in [0, 0.1) is 25.2 Å². The van der Waals surface area contributed by atoms with Gasteiger partial charge in [-0.15, -0.1) is 0 Å². The molecule has 0 atom stereocenters. The van der Waals surface area contributed by atoms with E-state index in [1.807, 2.05) is 32.0 Å². The molecule has 0 aliphatic heterocycles. The molecule has 0 aliphatic rings. The molecule has 2 rings (SSSR count). The van der Waals surface area contributed by atoms with Crippen molar-refractivity contribution in [2.24, 2.45) is 0 Å². The lowest BCUT2D eigenvalue weighted by Gasteiger charge is -2.08. The van der Waals surface area contributed by atoms with Crippen LogP contribution in [0.15, 0.2) is 36.0 Å². The Labute approximate surface area is 147 Å². The van der Waals surface area contributed by atoms with Crippen LogP contribution in [0.4, 0.5) is 0 Å². The van der Waals surface area contributed by atoms with Crippen LogP contribution in [0.1, 0.15) is 22.6 Å². The van der Waals surface area contributed by atoms with Gasteiger partial charge < -0.3 is 14.0 Å². The summed E-state index contributed by atoms with van der Waals surface area (Å²) in [6.45, 7) is 5.27. The number of pyridine rings is 1. The van der Waals surface area contributed by atoms with E-state index in [0.717, 1.165) is 17.0 Å². The third-order valence-electron chi connectivity index (χ3n) is 3.85. The number of aromatic nitrogens is 2. The number of hydrogen-bond donors (Lipinski definition) is 0. The molecule has 0 saturated carbocycles. The van der Waals surface area contributed by atoms with Crippen molar-refractivity contribution in [2.75, 3.05) is 13.7 Å². The normalized spacial score (nSPS) is 11.2. The Bertz CT molecular complexity index is 801. The van der Waals surface area contributed by atoms with Gasteiger partial charge in [0.15, 0.2) is 0 Å². The van der Waals surface area contributed by atoms with E-state index in [9.17, 15) is 10.1 Å². The van der Waals surface area contributed by atoms with Crippen molar-refractivity contribution >= 4 is 12.0 Å². The van der Waals surface area contributed by atoms with Crippen LogP contribution in [0.3, 0.4) is 0 Å². The van der Waals surface area contributed by atoms with E-state index in [2.05, 4.69) is 9.55 Å². The number of hydrogen-bond acceptors (Lipinski definition) is 5. The standard InChI is InChI=1S/C19H21N3O3/c1-14-10-16(15(2)22(14)8-9-24-3)11-17(12-20)19(23)25-13-18-6-4-5-7-21-18/h4-7,10-11H,8-9,13H2,1-3H3/b17-11+. The number of ether oxygens (including phenoxy) is 2. The first-order valence-electron chi connectivity index (χ1n) is 7.91. The van der Waals surface area contributed by atoms with E-state index < -0.39 is 5.97 Å². The van der Waals surface area contributed by atoms with Crippen molar-refractivity contribution in [3.63, 3.8) is 0 Å². The predicted molar refractivity (Wildman–Crippen MR) is 93.4 cm³/mol. The number of nitriles is 1. The molecule has 0 fully saturated rings. The molecule has 0 amide bonds. The van der Waals surface area contributed by atoms with Gasteiger partial charge in [0.2, 0.25) is 0 Å². The summed E-state index contributed by atoms with van der Waals surface area (Å²) in [4.78, 5) is 16.2. The fourth-order valence-electron chi connectivity index (χ4n) is 2.49. The maximum Gasteiger partial charge on any atom is 0.349 e. The van der Waals surface area contributed by atoms with Crippen LogP contribution in [0.25, 0.3) is 6.08 Å². The Balaban J connectivity index is 2.14. The van der Waals surface area contributed by atoms with E-state index in [0.29, 0.717) is 18.8 Å².